The number of nitrogens with zero attached hydrogens (tertiary/aromatic N) is 1. The second kappa shape index (κ2) is 7.25. The van der Waals surface area contributed by atoms with Crippen molar-refractivity contribution in [3.8, 4) is 6.07 Å². The minimum Gasteiger partial charge on any atom is -0.366 e. The lowest BCUT2D eigenvalue weighted by Crippen LogP contribution is -2.14. The summed E-state index contributed by atoms with van der Waals surface area (Å²) in [5.41, 5.74) is 6.57. The van der Waals surface area contributed by atoms with E-state index in [1.54, 1.807) is 24.3 Å². The fraction of sp³-hybridized carbons (Fsp3) is 0. The highest BCUT2D eigenvalue weighted by molar-refractivity contribution is 6.30. The van der Waals surface area contributed by atoms with Gasteiger partial charge in [0.15, 0.2) is 0 Å². The molecule has 0 unspecified atom stereocenters. The Morgan fingerprint density at radius 2 is 1.70 bits per heavy atom. The molecule has 5 nitrogen and oxygen atoms in total. The predicted molar refractivity (Wildman–Crippen MR) is 88.6 cm³/mol. The lowest BCUT2D eigenvalue weighted by atomic mass is 10.1. The van der Waals surface area contributed by atoms with Crippen LogP contribution in [0.4, 0.5) is 5.69 Å². The zero-order valence-electron chi connectivity index (χ0n) is 11.9. The Bertz CT molecular complexity index is 803. The highest BCUT2D eigenvalue weighted by atomic mass is 35.5. The maximum absolute atomic E-state index is 12.1. The van der Waals surface area contributed by atoms with Crippen LogP contribution in [0.1, 0.15) is 15.9 Å². The molecule has 0 aliphatic carbocycles. The average molecular weight is 326 g/mol. The minimum atomic E-state index is -0.553. The first-order valence-corrected chi connectivity index (χ1v) is 6.96. The van der Waals surface area contributed by atoms with Crippen LogP contribution in [0.5, 0.6) is 0 Å². The van der Waals surface area contributed by atoms with Crippen LogP contribution in [-0.4, -0.2) is 11.8 Å². The van der Waals surface area contributed by atoms with E-state index in [4.69, 9.17) is 22.6 Å². The number of carbonyl (C=O) groups is 2. The average Bonchev–Trinajstić information content (AvgIpc) is 2.54. The van der Waals surface area contributed by atoms with E-state index in [1.807, 2.05) is 6.07 Å². The van der Waals surface area contributed by atoms with E-state index in [0.717, 1.165) is 0 Å². The smallest absolute Gasteiger partial charge is 0.266 e. The van der Waals surface area contributed by atoms with Crippen molar-refractivity contribution in [3.63, 3.8) is 0 Å². The van der Waals surface area contributed by atoms with E-state index in [9.17, 15) is 9.59 Å². The summed E-state index contributed by atoms with van der Waals surface area (Å²) in [6.45, 7) is 0. The molecule has 0 saturated carbocycles. The van der Waals surface area contributed by atoms with Crippen molar-refractivity contribution in [3.05, 3.63) is 70.3 Å². The van der Waals surface area contributed by atoms with Gasteiger partial charge < -0.3 is 11.1 Å². The van der Waals surface area contributed by atoms with Crippen LogP contribution in [0.3, 0.4) is 0 Å². The van der Waals surface area contributed by atoms with Gasteiger partial charge in [-0.25, -0.2) is 0 Å². The summed E-state index contributed by atoms with van der Waals surface area (Å²) in [7, 11) is 0. The molecule has 0 aliphatic heterocycles. The van der Waals surface area contributed by atoms with Gasteiger partial charge in [0.2, 0.25) is 5.91 Å². The Morgan fingerprint density at radius 1 is 1.09 bits per heavy atom. The van der Waals surface area contributed by atoms with Gasteiger partial charge in [-0.15, -0.1) is 0 Å². The molecule has 3 N–H and O–H groups in total. The van der Waals surface area contributed by atoms with Crippen molar-refractivity contribution in [2.45, 2.75) is 0 Å². The largest absolute Gasteiger partial charge is 0.366 e. The molecule has 2 aromatic carbocycles. The Hall–Kier alpha value is -3.10. The summed E-state index contributed by atoms with van der Waals surface area (Å²) in [6.07, 6.45) is 1.46. The molecule has 0 aliphatic rings. The Balaban J connectivity index is 2.15. The fourth-order valence-corrected chi connectivity index (χ4v) is 1.92. The molecular formula is C17H12ClN3O2. The van der Waals surface area contributed by atoms with E-state index >= 15 is 0 Å². The topological polar surface area (TPSA) is 96.0 Å². The molecule has 0 aromatic heterocycles. The number of rotatable bonds is 4. The van der Waals surface area contributed by atoms with Crippen LogP contribution in [0, 0.1) is 11.3 Å². The van der Waals surface area contributed by atoms with E-state index in [1.165, 1.54) is 30.3 Å². The highest BCUT2D eigenvalue weighted by Gasteiger charge is 2.10. The summed E-state index contributed by atoms with van der Waals surface area (Å²) >= 11 is 5.79. The molecule has 23 heavy (non-hydrogen) atoms. The minimum absolute atomic E-state index is 0.0497. The first-order valence-electron chi connectivity index (χ1n) is 6.58. The van der Waals surface area contributed by atoms with Crippen molar-refractivity contribution >= 4 is 35.2 Å². The number of halogens is 1. The second-order valence-electron chi connectivity index (χ2n) is 4.62. The van der Waals surface area contributed by atoms with Gasteiger partial charge in [0.1, 0.15) is 11.6 Å². The second-order valence-corrected chi connectivity index (χ2v) is 5.05. The van der Waals surface area contributed by atoms with Crippen LogP contribution in [0.2, 0.25) is 5.02 Å². The molecular weight excluding hydrogens is 314 g/mol. The normalized spacial score (nSPS) is 10.7. The van der Waals surface area contributed by atoms with Gasteiger partial charge in [-0.3, -0.25) is 9.59 Å². The van der Waals surface area contributed by atoms with Crippen LogP contribution >= 0.6 is 11.6 Å². The fourth-order valence-electron chi connectivity index (χ4n) is 1.79. The predicted octanol–water partition coefficient (Wildman–Crippen LogP) is 2.98. The number of amides is 2. The van der Waals surface area contributed by atoms with E-state index in [2.05, 4.69) is 5.32 Å². The first-order chi connectivity index (χ1) is 11.0. The Labute approximate surface area is 138 Å². The van der Waals surface area contributed by atoms with Crippen molar-refractivity contribution in [2.24, 2.45) is 5.73 Å². The third-order valence-electron chi connectivity index (χ3n) is 2.97. The van der Waals surface area contributed by atoms with E-state index < -0.39 is 11.8 Å². The number of hydrogen-bond acceptors (Lipinski definition) is 3. The third kappa shape index (κ3) is 4.43. The summed E-state index contributed by atoms with van der Waals surface area (Å²) in [5, 5.41) is 12.3. The molecule has 2 amide bonds. The van der Waals surface area contributed by atoms with Gasteiger partial charge in [0.05, 0.1) is 0 Å². The monoisotopic (exact) mass is 325 g/mol. The standard InChI is InChI=1S/C17H12ClN3O2/c18-14-5-1-11(2-6-14)9-13(10-19)17(23)21-15-7-3-12(4-8-15)16(20)22/h1-9H,(H2,20,22)(H,21,23)/b13-9-. The van der Waals surface area contributed by atoms with E-state index in [-0.39, 0.29) is 5.57 Å². The zero-order chi connectivity index (χ0) is 16.8. The molecule has 0 atom stereocenters. The summed E-state index contributed by atoms with van der Waals surface area (Å²) in [6, 6.07) is 14.7. The Kier molecular flexibility index (Phi) is 5.13. The van der Waals surface area contributed by atoms with Crippen LogP contribution in [0.25, 0.3) is 6.08 Å². The molecule has 2 aromatic rings. The third-order valence-corrected chi connectivity index (χ3v) is 3.23. The van der Waals surface area contributed by atoms with Crippen LogP contribution in [0.15, 0.2) is 54.1 Å². The van der Waals surface area contributed by atoms with Gasteiger partial charge in [-0.05, 0) is 48.0 Å². The maximum atomic E-state index is 12.1. The van der Waals surface area contributed by atoms with Gasteiger partial charge in [0.25, 0.3) is 5.91 Å². The van der Waals surface area contributed by atoms with Crippen molar-refractivity contribution in [2.75, 3.05) is 5.32 Å². The molecule has 0 fully saturated rings. The van der Waals surface area contributed by atoms with Crippen molar-refractivity contribution < 1.29 is 9.59 Å². The number of hydrogen-bond donors (Lipinski definition) is 2. The van der Waals surface area contributed by atoms with Gasteiger partial charge in [0, 0.05) is 16.3 Å². The molecule has 0 saturated heterocycles. The molecule has 2 rings (SSSR count). The zero-order valence-corrected chi connectivity index (χ0v) is 12.7. The first kappa shape index (κ1) is 16.3. The number of primary amides is 1. The summed E-state index contributed by atoms with van der Waals surface area (Å²) < 4.78 is 0. The van der Waals surface area contributed by atoms with Gasteiger partial charge >= 0.3 is 0 Å². The van der Waals surface area contributed by atoms with Crippen LogP contribution < -0.4 is 11.1 Å². The molecule has 114 valence electrons. The maximum Gasteiger partial charge on any atom is 0.266 e. The van der Waals surface area contributed by atoms with Crippen molar-refractivity contribution in [1.29, 1.82) is 5.26 Å². The lowest BCUT2D eigenvalue weighted by molar-refractivity contribution is -0.112. The summed E-state index contributed by atoms with van der Waals surface area (Å²) in [5.74, 6) is -1.10. The number of nitriles is 1. The van der Waals surface area contributed by atoms with Gasteiger partial charge in [-0.2, -0.15) is 5.26 Å². The molecule has 6 heteroatoms. The number of carbonyl (C=O) groups excluding carboxylic acids is 2. The number of benzene rings is 2. The molecule has 0 radical (unpaired) electrons. The lowest BCUT2D eigenvalue weighted by Gasteiger charge is -2.05. The Morgan fingerprint density at radius 3 is 2.22 bits per heavy atom. The summed E-state index contributed by atoms with van der Waals surface area (Å²) in [4.78, 5) is 23.1. The van der Waals surface area contributed by atoms with Gasteiger partial charge in [-0.1, -0.05) is 23.7 Å². The van der Waals surface area contributed by atoms with E-state index in [0.29, 0.717) is 21.8 Å². The number of anilines is 1. The molecule has 0 bridgehead atoms. The molecule has 0 spiro atoms. The number of nitrogens with one attached hydrogen (secondary N) is 1. The molecule has 0 heterocycles. The SMILES string of the molecule is N#C/C(=C/c1ccc(Cl)cc1)C(=O)Nc1ccc(C(N)=O)cc1. The van der Waals surface area contributed by atoms with Crippen LogP contribution in [-0.2, 0) is 4.79 Å². The number of nitrogens with two attached hydrogens (primary N) is 1. The van der Waals surface area contributed by atoms with Crippen molar-refractivity contribution in [1.82, 2.24) is 0 Å². The highest BCUT2D eigenvalue weighted by Crippen LogP contribution is 2.14. The quantitative estimate of drug-likeness (QED) is 0.668.